The van der Waals surface area contributed by atoms with Crippen LogP contribution in [0.25, 0.3) is 22.0 Å². The lowest BCUT2D eigenvalue weighted by atomic mass is 9.72. The van der Waals surface area contributed by atoms with Crippen molar-refractivity contribution in [3.63, 3.8) is 0 Å². The Morgan fingerprint density at radius 2 is 1.88 bits per heavy atom. The number of fused-ring (bicyclic) bond motifs is 1. The zero-order valence-corrected chi connectivity index (χ0v) is 49.9. The number of nitriles is 1. The molecule has 7 heterocycles. The summed E-state index contributed by atoms with van der Waals surface area (Å²) >= 11 is 2.88. The lowest BCUT2D eigenvalue weighted by Gasteiger charge is -2.30. The molecule has 6 aromatic rings. The van der Waals surface area contributed by atoms with Crippen LogP contribution in [0.15, 0.2) is 52.8 Å². The predicted octanol–water partition coefficient (Wildman–Crippen LogP) is 6.39. The summed E-state index contributed by atoms with van der Waals surface area (Å²) in [6.45, 7) is 16.8. The normalized spacial score (nSPS) is 20.0. The van der Waals surface area contributed by atoms with Crippen molar-refractivity contribution in [2.24, 2.45) is 5.92 Å². The molecule has 2 aliphatic heterocycles. The molecule has 5 aromatic heterocycles. The van der Waals surface area contributed by atoms with Crippen LogP contribution >= 0.6 is 22.7 Å². The number of aryl methyl sites for hydroxylation is 1. The highest BCUT2D eigenvalue weighted by molar-refractivity contribution is 7.16. The van der Waals surface area contributed by atoms with Crippen LogP contribution in [0.2, 0.25) is 0 Å². The minimum absolute atomic E-state index is 0.0237. The first-order chi connectivity index (χ1) is 39.7. The number of ether oxygens (including phenoxy) is 2. The molecule has 3 amide bonds. The molecule has 1 aromatic carbocycles. The third-order valence-electron chi connectivity index (χ3n) is 15.2. The molecule has 3 aliphatic rings. The van der Waals surface area contributed by atoms with Gasteiger partial charge in [0.1, 0.15) is 40.1 Å². The smallest absolute Gasteiger partial charge is 0.410 e. The van der Waals surface area contributed by atoms with E-state index < -0.39 is 59.8 Å². The average Bonchev–Trinajstić information content (AvgIpc) is 4.17. The van der Waals surface area contributed by atoms with E-state index >= 15 is 0 Å². The second kappa shape index (κ2) is 25.9. The van der Waals surface area contributed by atoms with E-state index in [0.717, 1.165) is 85.6 Å². The van der Waals surface area contributed by atoms with Crippen molar-refractivity contribution in [2.75, 3.05) is 70.2 Å². The third kappa shape index (κ3) is 13.8. The number of nitrogens with one attached hydrogen (secondary N) is 1. The Hall–Kier alpha value is -7.55. The Kier molecular flexibility index (Phi) is 18.8. The SMILES string of the molecule is CC(C)[C@@H](C(=O)N1C[C@H](O)C[C@H]1C(=O)N[C@@H](CO)c1ccc(-c2scnc2C#CCN(C)C(=O)OC(C)(C)C)cc1)n1cc(OCCCCN2CCCN(c3nccc(-c4noc([C@@]5(C)CCCc6sc(N)c(C#N)c65)n4)n3)[C@@H](C)C2)nn1. The molecule has 2 fully saturated rings. The fraction of sp³-hybridized carbons (Fsp3) is 0.534. The lowest BCUT2D eigenvalue weighted by molar-refractivity contribution is -0.142. The van der Waals surface area contributed by atoms with Crippen molar-refractivity contribution in [2.45, 2.75) is 135 Å². The number of hydrogen-bond acceptors (Lipinski definition) is 21. The summed E-state index contributed by atoms with van der Waals surface area (Å²) in [6, 6.07) is 8.88. The van der Waals surface area contributed by atoms with Crippen molar-refractivity contribution < 1.29 is 38.6 Å². The Bertz CT molecular complexity index is 3350. The van der Waals surface area contributed by atoms with Gasteiger partial charge in [0.15, 0.2) is 0 Å². The Morgan fingerprint density at radius 1 is 1.08 bits per heavy atom. The van der Waals surface area contributed by atoms with Crippen LogP contribution in [-0.2, 0) is 26.2 Å². The van der Waals surface area contributed by atoms with E-state index in [9.17, 15) is 29.9 Å². The summed E-state index contributed by atoms with van der Waals surface area (Å²) in [6.07, 6.45) is 7.02. The van der Waals surface area contributed by atoms with Crippen LogP contribution in [0.5, 0.6) is 5.88 Å². The number of likely N-dealkylation sites (tertiary alicyclic amines) is 1. The van der Waals surface area contributed by atoms with E-state index in [1.165, 1.54) is 37.2 Å². The number of nitrogens with zero attached hydrogens (tertiary/aromatic N) is 13. The number of unbranched alkanes of at least 4 members (excludes halogenated alkanes) is 1. The number of thiazole rings is 1. The van der Waals surface area contributed by atoms with Crippen molar-refractivity contribution in [1.29, 1.82) is 5.26 Å². The number of thiophene rings is 1. The molecule has 25 heteroatoms. The monoisotopic (exact) mass is 1170 g/mol. The molecule has 83 heavy (non-hydrogen) atoms. The van der Waals surface area contributed by atoms with Crippen LogP contribution in [0.1, 0.15) is 132 Å². The summed E-state index contributed by atoms with van der Waals surface area (Å²) in [5.74, 6) is 6.56. The highest BCUT2D eigenvalue weighted by atomic mass is 32.1. The number of aliphatic hydroxyl groups is 2. The first-order valence-electron chi connectivity index (χ1n) is 28.1. The molecule has 0 spiro atoms. The van der Waals surface area contributed by atoms with E-state index in [4.69, 9.17) is 29.7 Å². The molecule has 0 radical (unpaired) electrons. The first-order valence-corrected chi connectivity index (χ1v) is 29.8. The number of rotatable bonds is 18. The number of β-amino-alcohol motifs (C(OH)–C–C–N with tert-alkyl or cyclic N) is 1. The number of carbonyl (C=O) groups is 3. The van der Waals surface area contributed by atoms with Gasteiger partial charge >= 0.3 is 6.09 Å². The Labute approximate surface area is 491 Å². The maximum atomic E-state index is 14.4. The van der Waals surface area contributed by atoms with Gasteiger partial charge in [0.2, 0.25) is 29.5 Å². The van der Waals surface area contributed by atoms with Crippen molar-refractivity contribution >= 4 is 51.5 Å². The standard InChI is InChI=1S/C58H73N15O8S2/c1-35(2)48(53(77)72-31-39(75)28-44(72)52(76)63-43(33-74)37-16-18-38(19-17-37)49-41(62-34-82-49)14-12-23-69(8)56(78)80-57(4,5)6)73-32-46(66-68-73)79-27-10-9-24-70-25-13-26-71(36(3)30-70)55-61-22-20-42(64-55)51-65-54(81-67-51)58(7)21-11-15-45-47(58)40(29-59)50(60)83-45/h16-20,22,32,34-36,39,43-44,48,74-75H,9-11,13,15,21,23-28,30-31,33,60H2,1-8H3,(H,63,76)/t36-,39+,43-,44-,48-,58-/m0/s1. The van der Waals surface area contributed by atoms with Crippen molar-refractivity contribution in [1.82, 2.24) is 60.1 Å². The van der Waals surface area contributed by atoms with E-state index in [-0.39, 0.29) is 37.4 Å². The molecule has 5 N–H and O–H groups in total. The maximum absolute atomic E-state index is 14.4. The number of amides is 3. The molecule has 2 saturated heterocycles. The van der Waals surface area contributed by atoms with Gasteiger partial charge in [0, 0.05) is 55.8 Å². The predicted molar refractivity (Wildman–Crippen MR) is 312 cm³/mol. The molecule has 440 valence electrons. The van der Waals surface area contributed by atoms with Gasteiger partial charge in [-0.3, -0.25) is 9.59 Å². The van der Waals surface area contributed by atoms with Crippen LogP contribution in [-0.4, -0.2) is 166 Å². The summed E-state index contributed by atoms with van der Waals surface area (Å²) in [5, 5.41) is 47.6. The molecule has 9 rings (SSSR count). The average molecular weight is 1170 g/mol. The number of benzene rings is 1. The van der Waals surface area contributed by atoms with Gasteiger partial charge in [0.25, 0.3) is 5.88 Å². The number of nitrogen functional groups attached to an aromatic ring is 1. The summed E-state index contributed by atoms with van der Waals surface area (Å²) in [7, 11) is 1.62. The minimum Gasteiger partial charge on any atom is -0.475 e. The fourth-order valence-corrected chi connectivity index (χ4v) is 13.0. The van der Waals surface area contributed by atoms with Crippen LogP contribution in [0.4, 0.5) is 15.7 Å². The van der Waals surface area contributed by atoms with E-state index in [1.807, 2.05) is 32.9 Å². The molecule has 0 saturated carbocycles. The zero-order chi connectivity index (χ0) is 59.2. The van der Waals surface area contributed by atoms with Crippen molar-refractivity contribution in [3.05, 3.63) is 81.4 Å². The molecular formula is C58H73N15O8S2. The van der Waals surface area contributed by atoms with Crippen LogP contribution in [0.3, 0.4) is 0 Å². The molecule has 1 aliphatic carbocycles. The number of aromatic nitrogens is 8. The second-order valence-corrected chi connectivity index (χ2v) is 25.0. The van der Waals surface area contributed by atoms with Gasteiger partial charge in [-0.15, -0.1) is 22.7 Å². The summed E-state index contributed by atoms with van der Waals surface area (Å²) in [4.78, 5) is 69.0. The highest BCUT2D eigenvalue weighted by Crippen LogP contribution is 2.48. The Morgan fingerprint density at radius 3 is 2.63 bits per heavy atom. The lowest BCUT2D eigenvalue weighted by Crippen LogP contribution is -2.50. The van der Waals surface area contributed by atoms with Gasteiger partial charge in [-0.25, -0.2) is 24.4 Å². The summed E-state index contributed by atoms with van der Waals surface area (Å²) in [5.41, 5.74) is 10.7. The number of carbonyl (C=O) groups excluding carboxylic acids is 3. The Balaban J connectivity index is 0.744. The second-order valence-electron chi connectivity index (χ2n) is 23.0. The van der Waals surface area contributed by atoms with Gasteiger partial charge in [0.05, 0.1) is 59.5 Å². The number of nitrogens with two attached hydrogens (primary N) is 1. The maximum Gasteiger partial charge on any atom is 0.410 e. The van der Waals surface area contributed by atoms with E-state index in [0.29, 0.717) is 51.8 Å². The van der Waals surface area contributed by atoms with E-state index in [1.54, 1.807) is 63.9 Å². The fourth-order valence-electron chi connectivity index (χ4n) is 11.0. The van der Waals surface area contributed by atoms with E-state index in [2.05, 4.69) is 65.4 Å². The largest absolute Gasteiger partial charge is 0.475 e. The molecule has 6 atom stereocenters. The quantitative estimate of drug-likeness (QED) is 0.0536. The third-order valence-corrected chi connectivity index (χ3v) is 17.2. The topological polar surface area (TPSA) is 293 Å². The molecule has 0 unspecified atom stereocenters. The molecule has 0 bridgehead atoms. The number of hydrogen-bond donors (Lipinski definition) is 4. The zero-order valence-electron chi connectivity index (χ0n) is 48.2. The minimum atomic E-state index is -1.00. The number of anilines is 2. The van der Waals surface area contributed by atoms with Gasteiger partial charge in [-0.2, -0.15) is 10.2 Å². The van der Waals surface area contributed by atoms with Crippen LogP contribution in [0, 0.1) is 29.1 Å². The first kappa shape index (κ1) is 60.1. The molecular weight excluding hydrogens is 1100 g/mol. The van der Waals surface area contributed by atoms with Gasteiger partial charge in [-0.05, 0) is 115 Å². The summed E-state index contributed by atoms with van der Waals surface area (Å²) < 4.78 is 18.8. The molecule has 23 nitrogen and oxygen atoms in total. The highest BCUT2D eigenvalue weighted by Gasteiger charge is 2.45. The number of aliphatic hydroxyl groups excluding tert-OH is 2. The van der Waals surface area contributed by atoms with Gasteiger partial charge < -0.3 is 54.9 Å². The van der Waals surface area contributed by atoms with Crippen molar-refractivity contribution in [3.8, 4) is 45.7 Å². The van der Waals surface area contributed by atoms with Gasteiger partial charge in [-0.1, -0.05) is 59.5 Å². The van der Waals surface area contributed by atoms with Crippen LogP contribution < -0.4 is 20.7 Å².